The molecule has 1 saturated heterocycles. The van der Waals surface area contributed by atoms with Gasteiger partial charge in [-0.15, -0.1) is 0 Å². The molecule has 84 valence electrons. The van der Waals surface area contributed by atoms with Crippen LogP contribution in [-0.2, 0) is 0 Å². The van der Waals surface area contributed by atoms with Crippen molar-refractivity contribution in [3.8, 4) is 0 Å². The average Bonchev–Trinajstić information content (AvgIpc) is 2.60. The first kappa shape index (κ1) is 10.6. The summed E-state index contributed by atoms with van der Waals surface area (Å²) < 4.78 is 0. The number of hydrogen-bond donors (Lipinski definition) is 1. The van der Waals surface area contributed by atoms with Crippen molar-refractivity contribution in [1.29, 1.82) is 0 Å². The molecule has 16 heavy (non-hydrogen) atoms. The van der Waals surface area contributed by atoms with Crippen molar-refractivity contribution in [1.82, 2.24) is 14.9 Å². The number of imide groups is 1. The van der Waals surface area contributed by atoms with E-state index in [1.165, 1.54) is 17.2 Å². The molecule has 1 fully saturated rings. The van der Waals surface area contributed by atoms with Gasteiger partial charge in [0.15, 0.2) is 0 Å². The normalized spacial score (nSPS) is 15.7. The van der Waals surface area contributed by atoms with Gasteiger partial charge in [-0.05, 0) is 17.7 Å². The second-order valence-electron chi connectivity index (χ2n) is 3.05. The molecule has 1 aromatic rings. The largest absolute Gasteiger partial charge is 0.465 e. The first-order valence-corrected chi connectivity index (χ1v) is 4.78. The predicted molar refractivity (Wildman–Crippen MR) is 54.5 cm³/mol. The number of carboxylic acid groups (broad SMARTS) is 1. The molecule has 8 heteroatoms. The van der Waals surface area contributed by atoms with Crippen LogP contribution < -0.4 is 4.90 Å². The average molecular weight is 243 g/mol. The smallest absolute Gasteiger partial charge is 0.415 e. The molecule has 1 aliphatic heterocycles. The molecule has 7 nitrogen and oxygen atoms in total. The van der Waals surface area contributed by atoms with Gasteiger partial charge in [0.1, 0.15) is 5.82 Å². The zero-order chi connectivity index (χ0) is 11.7. The number of rotatable bonds is 1. The Morgan fingerprint density at radius 1 is 1.50 bits per heavy atom. The number of nitrogens with zero attached hydrogens (tertiary/aromatic N) is 4. The summed E-state index contributed by atoms with van der Waals surface area (Å²) in [5.41, 5.74) is 0. The van der Waals surface area contributed by atoms with Crippen molar-refractivity contribution < 1.29 is 14.7 Å². The summed E-state index contributed by atoms with van der Waals surface area (Å²) in [6, 6.07) is 0.872. The van der Waals surface area contributed by atoms with Crippen molar-refractivity contribution in [3.63, 3.8) is 0 Å². The van der Waals surface area contributed by atoms with E-state index in [9.17, 15) is 9.59 Å². The fourth-order valence-corrected chi connectivity index (χ4v) is 1.55. The summed E-state index contributed by atoms with van der Waals surface area (Å²) in [4.78, 5) is 31.8. The number of aromatic nitrogens is 2. The Balaban J connectivity index is 2.25. The molecule has 2 heterocycles. The second-order valence-corrected chi connectivity index (χ2v) is 3.39. The SMILES string of the molecule is O=C(O)N1CCN(c2ccnc(Cl)n2)C1=O. The quantitative estimate of drug-likeness (QED) is 0.744. The molecule has 3 amide bonds. The highest BCUT2D eigenvalue weighted by molar-refractivity contribution is 6.28. The highest BCUT2D eigenvalue weighted by Gasteiger charge is 2.34. The van der Waals surface area contributed by atoms with Gasteiger partial charge in [-0.1, -0.05) is 0 Å². The van der Waals surface area contributed by atoms with E-state index in [4.69, 9.17) is 16.7 Å². The highest BCUT2D eigenvalue weighted by Crippen LogP contribution is 2.18. The Bertz CT molecular complexity index is 453. The zero-order valence-corrected chi connectivity index (χ0v) is 8.76. The summed E-state index contributed by atoms with van der Waals surface area (Å²) in [6.45, 7) is 0.383. The van der Waals surface area contributed by atoms with Crippen LogP contribution in [0.25, 0.3) is 0 Å². The van der Waals surface area contributed by atoms with Crippen molar-refractivity contribution in [2.24, 2.45) is 0 Å². The summed E-state index contributed by atoms with van der Waals surface area (Å²) in [5, 5.41) is 8.74. The predicted octanol–water partition coefficient (Wildman–Crippen LogP) is 1.05. The first-order valence-electron chi connectivity index (χ1n) is 4.40. The molecule has 0 spiro atoms. The van der Waals surface area contributed by atoms with Gasteiger partial charge in [-0.2, -0.15) is 0 Å². The lowest BCUT2D eigenvalue weighted by atomic mass is 10.5. The molecule has 1 N–H and O–H groups in total. The van der Waals surface area contributed by atoms with E-state index in [2.05, 4.69) is 9.97 Å². The van der Waals surface area contributed by atoms with Crippen LogP contribution in [0.4, 0.5) is 15.4 Å². The molecule has 0 atom stereocenters. The van der Waals surface area contributed by atoms with E-state index in [1.54, 1.807) is 0 Å². The summed E-state index contributed by atoms with van der Waals surface area (Å²) in [6.07, 6.45) is 0.133. The van der Waals surface area contributed by atoms with Crippen LogP contribution in [0.3, 0.4) is 0 Å². The fourth-order valence-electron chi connectivity index (χ4n) is 1.40. The molecule has 0 aromatic carbocycles. The van der Waals surface area contributed by atoms with Crippen molar-refractivity contribution in [2.75, 3.05) is 18.0 Å². The summed E-state index contributed by atoms with van der Waals surface area (Å²) in [7, 11) is 0. The minimum absolute atomic E-state index is 0.0130. The molecule has 2 rings (SSSR count). The van der Waals surface area contributed by atoms with Crippen LogP contribution in [-0.4, -0.2) is 45.2 Å². The molecule has 0 bridgehead atoms. The Morgan fingerprint density at radius 2 is 2.25 bits per heavy atom. The van der Waals surface area contributed by atoms with Gasteiger partial charge < -0.3 is 5.11 Å². The maximum atomic E-state index is 11.6. The lowest BCUT2D eigenvalue weighted by Gasteiger charge is -2.14. The molecule has 0 radical (unpaired) electrons. The van der Waals surface area contributed by atoms with Crippen molar-refractivity contribution in [2.45, 2.75) is 0 Å². The monoisotopic (exact) mass is 242 g/mol. The Kier molecular flexibility index (Phi) is 2.61. The van der Waals surface area contributed by atoms with Gasteiger partial charge in [0.25, 0.3) is 0 Å². The third-order valence-electron chi connectivity index (χ3n) is 2.13. The third kappa shape index (κ3) is 1.76. The Labute approximate surface area is 95.3 Å². The standard InChI is InChI=1S/C8H7ClN4O3/c9-6-10-2-1-5(11-6)12-3-4-13(7(12)14)8(15)16/h1-2H,3-4H2,(H,15,16). The third-order valence-corrected chi connectivity index (χ3v) is 2.31. The number of amides is 3. The number of hydrogen-bond acceptors (Lipinski definition) is 4. The molecule has 0 saturated carbocycles. The van der Waals surface area contributed by atoms with Gasteiger partial charge >= 0.3 is 12.1 Å². The van der Waals surface area contributed by atoms with Crippen LogP contribution in [0.2, 0.25) is 5.28 Å². The molecule has 1 aromatic heterocycles. The van der Waals surface area contributed by atoms with E-state index in [-0.39, 0.29) is 18.4 Å². The van der Waals surface area contributed by atoms with Crippen molar-refractivity contribution in [3.05, 3.63) is 17.5 Å². The van der Waals surface area contributed by atoms with Gasteiger partial charge in [-0.25, -0.2) is 24.5 Å². The second kappa shape index (κ2) is 3.93. The topological polar surface area (TPSA) is 86.6 Å². The number of urea groups is 1. The molecular formula is C8H7ClN4O3. The molecular weight excluding hydrogens is 236 g/mol. The highest BCUT2D eigenvalue weighted by atomic mass is 35.5. The van der Waals surface area contributed by atoms with Crippen LogP contribution in [0, 0.1) is 0 Å². The van der Waals surface area contributed by atoms with Crippen molar-refractivity contribution >= 4 is 29.5 Å². The minimum Gasteiger partial charge on any atom is -0.465 e. The molecule has 1 aliphatic rings. The van der Waals surface area contributed by atoms with Crippen LogP contribution in [0.15, 0.2) is 12.3 Å². The van der Waals surface area contributed by atoms with Crippen LogP contribution in [0.1, 0.15) is 0 Å². The minimum atomic E-state index is -1.27. The van der Waals surface area contributed by atoms with E-state index in [0.29, 0.717) is 5.82 Å². The maximum Gasteiger partial charge on any atom is 0.415 e. The number of carbonyl (C=O) groups is 2. The van der Waals surface area contributed by atoms with E-state index in [1.807, 2.05) is 0 Å². The molecule has 0 aliphatic carbocycles. The lowest BCUT2D eigenvalue weighted by Crippen LogP contribution is -2.35. The van der Waals surface area contributed by atoms with Gasteiger partial charge in [-0.3, -0.25) is 4.90 Å². The maximum absolute atomic E-state index is 11.6. The van der Waals surface area contributed by atoms with Gasteiger partial charge in [0.05, 0.1) is 6.54 Å². The van der Waals surface area contributed by atoms with E-state index >= 15 is 0 Å². The number of anilines is 1. The lowest BCUT2D eigenvalue weighted by molar-refractivity contribution is 0.158. The fraction of sp³-hybridized carbons (Fsp3) is 0.250. The van der Waals surface area contributed by atoms with E-state index in [0.717, 1.165) is 4.90 Å². The van der Waals surface area contributed by atoms with Gasteiger partial charge in [0.2, 0.25) is 5.28 Å². The zero-order valence-electron chi connectivity index (χ0n) is 8.00. The Morgan fingerprint density at radius 3 is 2.81 bits per heavy atom. The number of carbonyl (C=O) groups excluding carboxylic acids is 1. The number of halogens is 1. The molecule has 0 unspecified atom stereocenters. The Hall–Kier alpha value is -1.89. The van der Waals surface area contributed by atoms with Crippen LogP contribution >= 0.6 is 11.6 Å². The first-order chi connectivity index (χ1) is 7.59. The van der Waals surface area contributed by atoms with Gasteiger partial charge in [0, 0.05) is 12.7 Å². The van der Waals surface area contributed by atoms with Crippen LogP contribution in [0.5, 0.6) is 0 Å². The summed E-state index contributed by atoms with van der Waals surface area (Å²) in [5.74, 6) is 0.300. The van der Waals surface area contributed by atoms with E-state index < -0.39 is 12.1 Å². The summed E-state index contributed by atoms with van der Waals surface area (Å²) >= 11 is 5.58.